The number of ether oxygens (including phenoxy) is 3. The van der Waals surface area contributed by atoms with Crippen molar-refractivity contribution in [2.24, 2.45) is 0 Å². The number of amides is 1. The summed E-state index contributed by atoms with van der Waals surface area (Å²) < 4.78 is 19.0. The lowest BCUT2D eigenvalue weighted by atomic mass is 9.98. The smallest absolute Gasteiger partial charge is 0.250 e. The Hall–Kier alpha value is -3.06. The molecular formula is C23H27N3O4. The summed E-state index contributed by atoms with van der Waals surface area (Å²) in [5.74, 6) is 0.966. The van der Waals surface area contributed by atoms with Crippen LogP contribution in [0.5, 0.6) is 11.5 Å². The number of pyridine rings is 1. The van der Waals surface area contributed by atoms with Crippen LogP contribution in [0.25, 0.3) is 5.65 Å². The molecule has 1 N–H and O–H groups in total. The van der Waals surface area contributed by atoms with Gasteiger partial charge < -0.3 is 23.9 Å². The molecular weight excluding hydrogens is 382 g/mol. The lowest BCUT2D eigenvalue weighted by Gasteiger charge is -2.21. The Bertz CT molecular complexity index is 962. The Morgan fingerprint density at radius 2 is 2.03 bits per heavy atom. The van der Waals surface area contributed by atoms with Gasteiger partial charge in [-0.05, 0) is 37.1 Å². The van der Waals surface area contributed by atoms with Gasteiger partial charge in [-0.15, -0.1) is 0 Å². The number of nitrogens with zero attached hydrogens (tertiary/aromatic N) is 2. The van der Waals surface area contributed by atoms with Gasteiger partial charge >= 0.3 is 0 Å². The quantitative estimate of drug-likeness (QED) is 0.603. The fraction of sp³-hybridized carbons (Fsp3) is 0.391. The highest BCUT2D eigenvalue weighted by Crippen LogP contribution is 2.31. The number of fused-ring (bicyclic) bond motifs is 1. The van der Waals surface area contributed by atoms with Crippen molar-refractivity contribution in [3.63, 3.8) is 0 Å². The topological polar surface area (TPSA) is 74.1 Å². The molecule has 3 aromatic rings. The summed E-state index contributed by atoms with van der Waals surface area (Å²) in [5, 5.41) is 2.87. The van der Waals surface area contributed by atoms with Gasteiger partial charge in [0, 0.05) is 24.1 Å². The van der Waals surface area contributed by atoms with Crippen molar-refractivity contribution in [2.75, 3.05) is 19.0 Å². The second-order valence-electron chi connectivity index (χ2n) is 7.47. The molecule has 7 heteroatoms. The van der Waals surface area contributed by atoms with E-state index < -0.39 is 0 Å². The second kappa shape index (κ2) is 9.63. The monoisotopic (exact) mass is 409 g/mol. The highest BCUT2D eigenvalue weighted by molar-refractivity contribution is 5.92. The van der Waals surface area contributed by atoms with Crippen LogP contribution in [-0.4, -0.2) is 35.1 Å². The third-order valence-electron chi connectivity index (χ3n) is 5.24. The molecule has 1 aliphatic carbocycles. The van der Waals surface area contributed by atoms with Crippen molar-refractivity contribution < 1.29 is 19.0 Å². The minimum atomic E-state index is -0.169. The maximum absolute atomic E-state index is 12.3. The highest BCUT2D eigenvalue weighted by Gasteiger charge is 2.16. The Kier molecular flexibility index (Phi) is 6.49. The second-order valence-corrected chi connectivity index (χ2v) is 7.47. The average molecular weight is 409 g/mol. The van der Waals surface area contributed by atoms with Crippen LogP contribution >= 0.6 is 0 Å². The number of aromatic nitrogens is 2. The number of carbonyl (C=O) groups excluding carboxylic acids is 1. The molecule has 1 amide bonds. The normalized spacial score (nSPS) is 14.6. The first-order valence-corrected chi connectivity index (χ1v) is 10.4. The summed E-state index contributed by atoms with van der Waals surface area (Å²) in [4.78, 5) is 16.8. The molecule has 0 aliphatic heterocycles. The molecule has 2 aromatic heterocycles. The molecule has 7 nitrogen and oxygen atoms in total. The van der Waals surface area contributed by atoms with Crippen molar-refractivity contribution >= 4 is 17.2 Å². The van der Waals surface area contributed by atoms with Gasteiger partial charge in [-0.25, -0.2) is 4.98 Å². The molecule has 0 radical (unpaired) electrons. The van der Waals surface area contributed by atoms with Gasteiger partial charge in [0.15, 0.2) is 11.5 Å². The molecule has 158 valence electrons. The molecule has 1 aromatic carbocycles. The first-order valence-electron chi connectivity index (χ1n) is 10.4. The van der Waals surface area contributed by atoms with Crippen molar-refractivity contribution in [2.45, 2.75) is 44.8 Å². The number of nitrogens with one attached hydrogen (secondary N) is 1. The standard InChI is InChI=1S/C23H27N3O4/c1-28-20-11-10-17(25-23(27)16-29-19-7-3-2-4-8-19)13-21(20)30-15-18-14-26-12-6-5-9-22(26)24-18/h5-6,9-14,19H,2-4,7-8,15-16H2,1H3,(H,25,27). The molecule has 1 fully saturated rings. The minimum Gasteiger partial charge on any atom is -0.493 e. The summed E-state index contributed by atoms with van der Waals surface area (Å²) in [6.45, 7) is 0.356. The molecule has 4 rings (SSSR count). The van der Waals surface area contributed by atoms with E-state index >= 15 is 0 Å². The van der Waals surface area contributed by atoms with E-state index in [-0.39, 0.29) is 18.6 Å². The molecule has 0 atom stereocenters. The van der Waals surface area contributed by atoms with Gasteiger partial charge in [0.05, 0.1) is 18.9 Å². The molecule has 0 unspecified atom stereocenters. The number of imidazole rings is 1. The largest absolute Gasteiger partial charge is 0.493 e. The number of anilines is 1. The van der Waals surface area contributed by atoms with Gasteiger partial charge in [0.2, 0.25) is 5.91 Å². The van der Waals surface area contributed by atoms with Gasteiger partial charge in [0.25, 0.3) is 0 Å². The Labute approximate surface area is 176 Å². The number of rotatable bonds is 8. The van der Waals surface area contributed by atoms with Crippen LogP contribution in [0.3, 0.4) is 0 Å². The third kappa shape index (κ3) is 5.10. The van der Waals surface area contributed by atoms with E-state index in [0.29, 0.717) is 23.8 Å². The molecule has 0 bridgehead atoms. The van der Waals surface area contributed by atoms with E-state index in [1.54, 1.807) is 25.3 Å². The third-order valence-corrected chi connectivity index (χ3v) is 5.24. The zero-order valence-electron chi connectivity index (χ0n) is 17.2. The number of hydrogen-bond acceptors (Lipinski definition) is 5. The molecule has 1 aliphatic rings. The van der Waals surface area contributed by atoms with E-state index in [2.05, 4.69) is 10.3 Å². The zero-order chi connectivity index (χ0) is 20.8. The van der Waals surface area contributed by atoms with Crippen LogP contribution in [-0.2, 0) is 16.1 Å². The predicted molar refractivity (Wildman–Crippen MR) is 114 cm³/mol. The van der Waals surface area contributed by atoms with Crippen LogP contribution in [0.1, 0.15) is 37.8 Å². The summed E-state index contributed by atoms with van der Waals surface area (Å²) in [6, 6.07) is 11.2. The highest BCUT2D eigenvalue weighted by atomic mass is 16.5. The van der Waals surface area contributed by atoms with Crippen molar-refractivity contribution in [1.29, 1.82) is 0 Å². The number of hydrogen-bond donors (Lipinski definition) is 1. The summed E-state index contributed by atoms with van der Waals surface area (Å²) in [6.07, 6.45) is 9.76. The van der Waals surface area contributed by atoms with E-state index in [1.807, 2.05) is 35.0 Å². The van der Waals surface area contributed by atoms with Crippen molar-refractivity contribution in [1.82, 2.24) is 9.38 Å². The minimum absolute atomic E-state index is 0.0636. The SMILES string of the molecule is COc1ccc(NC(=O)COC2CCCCC2)cc1OCc1cn2ccccc2n1. The summed E-state index contributed by atoms with van der Waals surface area (Å²) >= 11 is 0. The van der Waals surface area contributed by atoms with Gasteiger partial charge in [-0.1, -0.05) is 25.3 Å². The molecule has 0 spiro atoms. The number of benzene rings is 1. The Morgan fingerprint density at radius 1 is 1.17 bits per heavy atom. The molecule has 0 saturated heterocycles. The van der Waals surface area contributed by atoms with Crippen LogP contribution in [0.2, 0.25) is 0 Å². The van der Waals surface area contributed by atoms with Crippen LogP contribution in [0, 0.1) is 0 Å². The Balaban J connectivity index is 1.36. The predicted octanol–water partition coefficient (Wildman–Crippen LogP) is 4.21. The first-order chi connectivity index (χ1) is 14.7. The maximum atomic E-state index is 12.3. The van der Waals surface area contributed by atoms with Gasteiger partial charge in [-0.2, -0.15) is 0 Å². The molecule has 30 heavy (non-hydrogen) atoms. The fourth-order valence-corrected chi connectivity index (χ4v) is 3.70. The molecule has 2 heterocycles. The number of carbonyl (C=O) groups is 1. The van der Waals surface area contributed by atoms with Crippen molar-refractivity contribution in [3.05, 3.63) is 54.5 Å². The van der Waals surface area contributed by atoms with E-state index in [0.717, 1.165) is 24.2 Å². The van der Waals surface area contributed by atoms with E-state index in [4.69, 9.17) is 14.2 Å². The van der Waals surface area contributed by atoms with Crippen LogP contribution < -0.4 is 14.8 Å². The maximum Gasteiger partial charge on any atom is 0.250 e. The van der Waals surface area contributed by atoms with Crippen molar-refractivity contribution in [3.8, 4) is 11.5 Å². The number of methoxy groups -OCH3 is 1. The lowest BCUT2D eigenvalue weighted by Crippen LogP contribution is -2.24. The Morgan fingerprint density at radius 3 is 2.83 bits per heavy atom. The van der Waals surface area contributed by atoms with Gasteiger partial charge in [-0.3, -0.25) is 4.79 Å². The van der Waals surface area contributed by atoms with Crippen LogP contribution in [0.4, 0.5) is 5.69 Å². The fourth-order valence-electron chi connectivity index (χ4n) is 3.70. The summed E-state index contributed by atoms with van der Waals surface area (Å²) in [7, 11) is 1.59. The first kappa shape index (κ1) is 20.2. The van der Waals surface area contributed by atoms with Crippen LogP contribution in [0.15, 0.2) is 48.8 Å². The average Bonchev–Trinajstić information content (AvgIpc) is 3.20. The van der Waals surface area contributed by atoms with E-state index in [1.165, 1.54) is 19.3 Å². The zero-order valence-corrected chi connectivity index (χ0v) is 17.2. The lowest BCUT2D eigenvalue weighted by molar-refractivity contribution is -0.123. The molecule has 1 saturated carbocycles. The van der Waals surface area contributed by atoms with E-state index in [9.17, 15) is 4.79 Å². The van der Waals surface area contributed by atoms with Gasteiger partial charge in [0.1, 0.15) is 18.9 Å². The summed E-state index contributed by atoms with van der Waals surface area (Å²) in [5.41, 5.74) is 2.30.